The predicted molar refractivity (Wildman–Crippen MR) is 107 cm³/mol. The molecule has 0 heterocycles. The van der Waals surface area contributed by atoms with Gasteiger partial charge in [-0.1, -0.05) is 34.1 Å². The summed E-state index contributed by atoms with van der Waals surface area (Å²) in [5.74, 6) is 3.74. The summed E-state index contributed by atoms with van der Waals surface area (Å²) in [6.45, 7) is 9.30. The molecule has 154 valence electrons. The van der Waals surface area contributed by atoms with E-state index >= 15 is 0 Å². The minimum absolute atomic E-state index is 0.104. The number of esters is 1. The highest BCUT2D eigenvalue weighted by molar-refractivity contribution is 5.72. The van der Waals surface area contributed by atoms with Crippen LogP contribution in [0.5, 0.6) is 0 Å². The van der Waals surface area contributed by atoms with Crippen LogP contribution in [0, 0.1) is 52.3 Å². The Morgan fingerprint density at radius 3 is 2.52 bits per heavy atom. The van der Waals surface area contributed by atoms with E-state index in [1.54, 1.807) is 0 Å². The monoisotopic (exact) mass is 376 g/mol. The van der Waals surface area contributed by atoms with Gasteiger partial charge in [-0.05, 0) is 85.9 Å². The molecule has 3 heteroatoms. The lowest BCUT2D eigenvalue weighted by Crippen LogP contribution is -2.58. The third kappa shape index (κ3) is 2.74. The molecule has 0 radical (unpaired) electrons. The molecule has 0 aliphatic heterocycles. The maximum Gasteiger partial charge on any atom is 0.308 e. The Balaban J connectivity index is 1.62. The molecule has 0 aromatic heterocycles. The summed E-state index contributed by atoms with van der Waals surface area (Å²) in [6, 6.07) is 0. The summed E-state index contributed by atoms with van der Waals surface area (Å²) in [5, 5.41) is 11.5. The highest BCUT2D eigenvalue weighted by Crippen LogP contribution is 2.68. The molecule has 0 amide bonds. The molecule has 3 nitrogen and oxygen atoms in total. The summed E-state index contributed by atoms with van der Waals surface area (Å²) in [6.07, 6.45) is 9.72. The van der Waals surface area contributed by atoms with Crippen molar-refractivity contribution in [2.45, 2.75) is 85.2 Å². The quantitative estimate of drug-likeness (QED) is 0.685. The lowest BCUT2D eigenvalue weighted by molar-refractivity contribution is -0.176. The molecule has 0 aromatic rings. The van der Waals surface area contributed by atoms with E-state index in [-0.39, 0.29) is 29.3 Å². The van der Waals surface area contributed by atoms with E-state index < -0.39 is 0 Å². The van der Waals surface area contributed by atoms with Gasteiger partial charge >= 0.3 is 5.97 Å². The number of hydrogen-bond acceptors (Lipinski definition) is 3. The number of carbonyl (C=O) groups is 1. The van der Waals surface area contributed by atoms with Crippen LogP contribution in [0.15, 0.2) is 0 Å². The van der Waals surface area contributed by atoms with Gasteiger partial charge in [0.25, 0.3) is 0 Å². The Morgan fingerprint density at radius 2 is 1.81 bits per heavy atom. The van der Waals surface area contributed by atoms with Crippen LogP contribution in [-0.2, 0) is 9.53 Å². The Kier molecular flexibility index (Phi) is 4.93. The Hall–Kier alpha value is -0.570. The minimum Gasteiger partial charge on any atom is -0.469 e. The Labute approximate surface area is 165 Å². The van der Waals surface area contributed by atoms with Crippen LogP contribution >= 0.6 is 0 Å². The van der Waals surface area contributed by atoms with Crippen LogP contribution in [-0.4, -0.2) is 24.3 Å². The van der Waals surface area contributed by atoms with Crippen molar-refractivity contribution >= 4 is 5.97 Å². The lowest BCUT2D eigenvalue weighted by atomic mass is 9.43. The van der Waals surface area contributed by atoms with E-state index in [1.807, 2.05) is 6.92 Å². The van der Waals surface area contributed by atoms with Crippen molar-refractivity contribution in [1.82, 2.24) is 0 Å². The molecule has 4 fully saturated rings. The van der Waals surface area contributed by atoms with E-state index in [2.05, 4.69) is 20.8 Å². The molecular formula is C24H40O3. The van der Waals surface area contributed by atoms with E-state index in [0.29, 0.717) is 17.3 Å². The molecule has 4 aliphatic rings. The average molecular weight is 377 g/mol. The molecule has 4 rings (SSSR count). The van der Waals surface area contributed by atoms with Crippen LogP contribution in [0.4, 0.5) is 0 Å². The third-order valence-corrected chi connectivity index (χ3v) is 10.3. The molecule has 0 spiro atoms. The zero-order chi connectivity index (χ0) is 19.6. The van der Waals surface area contributed by atoms with E-state index in [9.17, 15) is 9.90 Å². The number of aliphatic hydroxyl groups is 1. The second-order valence-corrected chi connectivity index (χ2v) is 11.1. The van der Waals surface area contributed by atoms with Crippen molar-refractivity contribution < 1.29 is 14.6 Å². The Bertz CT molecular complexity index is 588. The zero-order valence-electron chi connectivity index (χ0n) is 18.0. The maximum atomic E-state index is 12.3. The predicted octanol–water partition coefficient (Wildman–Crippen LogP) is 5.06. The lowest BCUT2D eigenvalue weighted by Gasteiger charge is -2.62. The fourth-order valence-corrected chi connectivity index (χ4v) is 8.64. The molecule has 1 N–H and O–H groups in total. The largest absolute Gasteiger partial charge is 0.469 e. The van der Waals surface area contributed by atoms with Gasteiger partial charge in [0.1, 0.15) is 0 Å². The second-order valence-electron chi connectivity index (χ2n) is 11.1. The summed E-state index contributed by atoms with van der Waals surface area (Å²) < 4.78 is 5.07. The minimum atomic E-state index is -0.279. The molecule has 27 heavy (non-hydrogen) atoms. The fraction of sp³-hybridized carbons (Fsp3) is 0.958. The summed E-state index contributed by atoms with van der Waals surface area (Å²) in [7, 11) is 1.49. The smallest absolute Gasteiger partial charge is 0.308 e. The molecule has 0 saturated heterocycles. The van der Waals surface area contributed by atoms with Crippen LogP contribution in [0.3, 0.4) is 0 Å². The molecule has 3 unspecified atom stereocenters. The SMILES string of the molecule is COC(=O)[C@@H](C)[C@H]1CCC2C3CC[C@@H]4C[C@H](C)CC[C@]4(C)C3C[C@H](O)[C@@]21C. The van der Waals surface area contributed by atoms with Gasteiger partial charge in [-0.15, -0.1) is 0 Å². The molecular weight excluding hydrogens is 336 g/mol. The van der Waals surface area contributed by atoms with Gasteiger partial charge < -0.3 is 9.84 Å². The second kappa shape index (κ2) is 6.75. The van der Waals surface area contributed by atoms with Gasteiger partial charge in [0, 0.05) is 5.41 Å². The van der Waals surface area contributed by atoms with Crippen molar-refractivity contribution in [1.29, 1.82) is 0 Å². The first-order chi connectivity index (χ1) is 12.7. The number of hydrogen-bond donors (Lipinski definition) is 1. The first-order valence-corrected chi connectivity index (χ1v) is 11.5. The van der Waals surface area contributed by atoms with Crippen LogP contribution < -0.4 is 0 Å². The molecule has 10 atom stereocenters. The highest BCUT2D eigenvalue weighted by atomic mass is 16.5. The highest BCUT2D eigenvalue weighted by Gasteiger charge is 2.64. The van der Waals surface area contributed by atoms with Crippen LogP contribution in [0.25, 0.3) is 0 Å². The standard InChI is InChI=1S/C24H40O3/c1-14-10-11-23(3)16(12-14)6-7-17-19-9-8-18(15(2)22(26)27-5)24(19,4)21(25)13-20(17)23/h14-21,25H,6-13H2,1-5H3/t14-,15+,16-,17?,18-,19?,20?,21+,23+,24-/m1/s1. The first kappa shape index (κ1) is 19.7. The van der Waals surface area contributed by atoms with E-state index in [1.165, 1.54) is 45.6 Å². The van der Waals surface area contributed by atoms with Gasteiger partial charge in [0.2, 0.25) is 0 Å². The van der Waals surface area contributed by atoms with Crippen molar-refractivity contribution in [3.05, 3.63) is 0 Å². The normalized spacial score (nSPS) is 53.0. The molecule has 4 saturated carbocycles. The number of carbonyl (C=O) groups excluding carboxylic acids is 1. The van der Waals surface area contributed by atoms with Gasteiger partial charge in [0.05, 0.1) is 19.1 Å². The molecule has 0 bridgehead atoms. The van der Waals surface area contributed by atoms with E-state index in [4.69, 9.17) is 4.74 Å². The number of methoxy groups -OCH3 is 1. The van der Waals surface area contributed by atoms with Crippen molar-refractivity contribution in [2.75, 3.05) is 7.11 Å². The summed E-state index contributed by atoms with van der Waals surface area (Å²) >= 11 is 0. The average Bonchev–Trinajstić information content (AvgIpc) is 3.01. The van der Waals surface area contributed by atoms with E-state index in [0.717, 1.165) is 30.6 Å². The van der Waals surface area contributed by atoms with Gasteiger partial charge in [-0.25, -0.2) is 0 Å². The number of aliphatic hydroxyl groups excluding tert-OH is 1. The number of fused-ring (bicyclic) bond motifs is 5. The molecule has 4 aliphatic carbocycles. The fourth-order valence-electron chi connectivity index (χ4n) is 8.64. The van der Waals surface area contributed by atoms with Gasteiger partial charge in [0.15, 0.2) is 0 Å². The third-order valence-electron chi connectivity index (χ3n) is 10.3. The zero-order valence-corrected chi connectivity index (χ0v) is 18.0. The van der Waals surface area contributed by atoms with Crippen molar-refractivity contribution in [2.24, 2.45) is 52.3 Å². The number of rotatable bonds is 2. The maximum absolute atomic E-state index is 12.3. The van der Waals surface area contributed by atoms with Crippen molar-refractivity contribution in [3.8, 4) is 0 Å². The van der Waals surface area contributed by atoms with Gasteiger partial charge in [-0.2, -0.15) is 0 Å². The topological polar surface area (TPSA) is 46.5 Å². The first-order valence-electron chi connectivity index (χ1n) is 11.5. The summed E-state index contributed by atoms with van der Waals surface area (Å²) in [4.78, 5) is 12.3. The Morgan fingerprint density at radius 1 is 1.07 bits per heavy atom. The van der Waals surface area contributed by atoms with Crippen LogP contribution in [0.1, 0.15) is 79.1 Å². The van der Waals surface area contributed by atoms with Crippen LogP contribution in [0.2, 0.25) is 0 Å². The van der Waals surface area contributed by atoms with Crippen molar-refractivity contribution in [3.63, 3.8) is 0 Å². The number of ether oxygens (including phenoxy) is 1. The summed E-state index contributed by atoms with van der Waals surface area (Å²) in [5.41, 5.74) is 0.295. The molecule has 0 aromatic carbocycles. The van der Waals surface area contributed by atoms with Gasteiger partial charge in [-0.3, -0.25) is 4.79 Å².